The number of thioether (sulfide) groups is 1. The van der Waals surface area contributed by atoms with Crippen molar-refractivity contribution in [1.29, 1.82) is 0 Å². The van der Waals surface area contributed by atoms with Crippen molar-refractivity contribution in [2.45, 2.75) is 19.2 Å². The van der Waals surface area contributed by atoms with Gasteiger partial charge < -0.3 is 15.2 Å². The second-order valence-corrected chi connectivity index (χ2v) is 6.62. The number of aliphatic carboxylic acids is 1. The van der Waals surface area contributed by atoms with Crippen LogP contribution in [-0.2, 0) is 17.1 Å². The van der Waals surface area contributed by atoms with E-state index in [1.54, 1.807) is 18.2 Å². The van der Waals surface area contributed by atoms with Crippen LogP contribution in [0.3, 0.4) is 0 Å². The fourth-order valence-corrected chi connectivity index (χ4v) is 2.78. The molecule has 0 bridgehead atoms. The van der Waals surface area contributed by atoms with E-state index in [1.165, 1.54) is 5.56 Å². The summed E-state index contributed by atoms with van der Waals surface area (Å²) in [5.41, 5.74) is 2.66. The zero-order chi connectivity index (χ0) is 18.1. The molecule has 0 saturated carbocycles. The molecule has 2 aromatic carbocycles. The van der Waals surface area contributed by atoms with Crippen LogP contribution in [0.1, 0.15) is 28.4 Å². The summed E-state index contributed by atoms with van der Waals surface area (Å²) in [6.45, 7) is 2.07. The van der Waals surface area contributed by atoms with Crippen molar-refractivity contribution >= 4 is 23.6 Å². The SMILES string of the molecule is CCSCc1ccc(C(=O)NCc2cccc(OCC(=O)O)c2)cc1. The minimum absolute atomic E-state index is 0.147. The van der Waals surface area contributed by atoms with Crippen LogP contribution in [0.25, 0.3) is 0 Å². The molecule has 0 spiro atoms. The van der Waals surface area contributed by atoms with Gasteiger partial charge in [0.1, 0.15) is 5.75 Å². The van der Waals surface area contributed by atoms with Crippen LogP contribution in [0, 0.1) is 0 Å². The van der Waals surface area contributed by atoms with Crippen molar-refractivity contribution in [1.82, 2.24) is 5.32 Å². The maximum Gasteiger partial charge on any atom is 0.341 e. The Labute approximate surface area is 151 Å². The molecule has 5 nitrogen and oxygen atoms in total. The highest BCUT2D eigenvalue weighted by molar-refractivity contribution is 7.98. The molecule has 2 aromatic rings. The molecule has 132 valence electrons. The molecule has 0 aliphatic heterocycles. The molecular weight excluding hydrogens is 338 g/mol. The quantitative estimate of drug-likeness (QED) is 0.718. The average molecular weight is 359 g/mol. The predicted molar refractivity (Wildman–Crippen MR) is 99.0 cm³/mol. The third kappa shape index (κ3) is 6.51. The molecule has 0 fully saturated rings. The van der Waals surface area contributed by atoms with E-state index >= 15 is 0 Å². The minimum Gasteiger partial charge on any atom is -0.482 e. The van der Waals surface area contributed by atoms with E-state index in [0.717, 1.165) is 17.1 Å². The second kappa shape index (κ2) is 9.74. The largest absolute Gasteiger partial charge is 0.482 e. The molecule has 2 rings (SSSR count). The van der Waals surface area contributed by atoms with Crippen LogP contribution < -0.4 is 10.1 Å². The molecule has 0 aromatic heterocycles. The molecule has 2 N–H and O–H groups in total. The molecule has 0 aliphatic rings. The van der Waals surface area contributed by atoms with E-state index in [0.29, 0.717) is 17.9 Å². The lowest BCUT2D eigenvalue weighted by Crippen LogP contribution is -2.22. The van der Waals surface area contributed by atoms with Crippen LogP contribution in [0.2, 0.25) is 0 Å². The fraction of sp³-hybridized carbons (Fsp3) is 0.263. The molecule has 1 amide bonds. The van der Waals surface area contributed by atoms with E-state index in [4.69, 9.17) is 9.84 Å². The maximum atomic E-state index is 12.2. The highest BCUT2D eigenvalue weighted by Gasteiger charge is 2.06. The van der Waals surface area contributed by atoms with Crippen molar-refractivity contribution in [2.75, 3.05) is 12.4 Å². The lowest BCUT2D eigenvalue weighted by molar-refractivity contribution is -0.139. The summed E-state index contributed by atoms with van der Waals surface area (Å²) >= 11 is 1.84. The summed E-state index contributed by atoms with van der Waals surface area (Å²) in [4.78, 5) is 22.7. The van der Waals surface area contributed by atoms with Gasteiger partial charge in [0.15, 0.2) is 6.61 Å². The highest BCUT2D eigenvalue weighted by Crippen LogP contribution is 2.14. The van der Waals surface area contributed by atoms with Crippen molar-refractivity contribution < 1.29 is 19.4 Å². The molecule has 0 heterocycles. The van der Waals surface area contributed by atoms with Crippen LogP contribution >= 0.6 is 11.8 Å². The van der Waals surface area contributed by atoms with Gasteiger partial charge in [-0.1, -0.05) is 31.2 Å². The maximum absolute atomic E-state index is 12.2. The van der Waals surface area contributed by atoms with Gasteiger partial charge in [-0.15, -0.1) is 0 Å². The molecule has 0 unspecified atom stereocenters. The monoisotopic (exact) mass is 359 g/mol. The summed E-state index contributed by atoms with van der Waals surface area (Å²) in [7, 11) is 0. The number of hydrogen-bond donors (Lipinski definition) is 2. The smallest absolute Gasteiger partial charge is 0.341 e. The molecular formula is C19H21NO4S. The van der Waals surface area contributed by atoms with E-state index in [9.17, 15) is 9.59 Å². The minimum atomic E-state index is -1.03. The lowest BCUT2D eigenvalue weighted by atomic mass is 10.1. The number of carbonyl (C=O) groups excluding carboxylic acids is 1. The summed E-state index contributed by atoms with van der Waals surface area (Å²) in [5.74, 6) is 1.30. The Morgan fingerprint density at radius 1 is 1.12 bits per heavy atom. The lowest BCUT2D eigenvalue weighted by Gasteiger charge is -2.08. The van der Waals surface area contributed by atoms with Crippen LogP contribution in [0.15, 0.2) is 48.5 Å². The summed E-state index contributed by atoms with van der Waals surface area (Å²) in [5, 5.41) is 11.5. The number of carboxylic acid groups (broad SMARTS) is 1. The van der Waals surface area contributed by atoms with Gasteiger partial charge in [-0.2, -0.15) is 11.8 Å². The Morgan fingerprint density at radius 3 is 2.56 bits per heavy atom. The topological polar surface area (TPSA) is 75.6 Å². The van der Waals surface area contributed by atoms with Gasteiger partial charge >= 0.3 is 5.97 Å². The first-order valence-electron chi connectivity index (χ1n) is 7.97. The predicted octanol–water partition coefficient (Wildman–Crippen LogP) is 3.33. The second-order valence-electron chi connectivity index (χ2n) is 5.35. The first-order valence-corrected chi connectivity index (χ1v) is 9.12. The van der Waals surface area contributed by atoms with Crippen LogP contribution in [-0.4, -0.2) is 29.3 Å². The molecule has 25 heavy (non-hydrogen) atoms. The first kappa shape index (κ1) is 18.9. The molecule has 0 saturated heterocycles. The Morgan fingerprint density at radius 2 is 1.88 bits per heavy atom. The Bertz CT molecular complexity index is 716. The zero-order valence-electron chi connectivity index (χ0n) is 14.0. The van der Waals surface area contributed by atoms with Gasteiger partial charge in [-0.05, 0) is 41.1 Å². The number of amides is 1. The van der Waals surface area contributed by atoms with Gasteiger partial charge in [-0.25, -0.2) is 4.79 Å². The van der Waals surface area contributed by atoms with Gasteiger partial charge in [0.2, 0.25) is 0 Å². The van der Waals surface area contributed by atoms with Gasteiger partial charge in [0.25, 0.3) is 5.91 Å². The van der Waals surface area contributed by atoms with Crippen molar-refractivity contribution in [3.8, 4) is 5.75 Å². The normalized spacial score (nSPS) is 10.3. The number of carbonyl (C=O) groups is 2. The standard InChI is InChI=1S/C19H21NO4S/c1-2-25-13-14-6-8-16(9-7-14)19(23)20-11-15-4-3-5-17(10-15)24-12-18(21)22/h3-10H,2,11-13H2,1H3,(H,20,23)(H,21,22). The fourth-order valence-electron chi connectivity index (χ4n) is 2.15. The molecule has 0 radical (unpaired) electrons. The third-order valence-corrected chi connectivity index (χ3v) is 4.35. The number of ether oxygens (including phenoxy) is 1. The highest BCUT2D eigenvalue weighted by atomic mass is 32.2. The number of carboxylic acids is 1. The van der Waals surface area contributed by atoms with Crippen LogP contribution in [0.4, 0.5) is 0 Å². The zero-order valence-corrected chi connectivity index (χ0v) is 14.8. The number of benzene rings is 2. The summed E-state index contributed by atoms with van der Waals surface area (Å²) < 4.78 is 5.13. The summed E-state index contributed by atoms with van der Waals surface area (Å²) in [6, 6.07) is 14.6. The van der Waals surface area contributed by atoms with Gasteiger partial charge in [0.05, 0.1) is 0 Å². The van der Waals surface area contributed by atoms with E-state index in [1.807, 2.05) is 42.1 Å². The van der Waals surface area contributed by atoms with E-state index in [2.05, 4.69) is 12.2 Å². The van der Waals surface area contributed by atoms with E-state index in [-0.39, 0.29) is 5.91 Å². The number of hydrogen-bond acceptors (Lipinski definition) is 4. The van der Waals surface area contributed by atoms with Crippen molar-refractivity contribution in [2.24, 2.45) is 0 Å². The van der Waals surface area contributed by atoms with Crippen molar-refractivity contribution in [3.63, 3.8) is 0 Å². The van der Waals surface area contributed by atoms with Crippen LogP contribution in [0.5, 0.6) is 5.75 Å². The Hall–Kier alpha value is -2.47. The summed E-state index contributed by atoms with van der Waals surface area (Å²) in [6.07, 6.45) is 0. The number of nitrogens with one attached hydrogen (secondary N) is 1. The van der Waals surface area contributed by atoms with Gasteiger partial charge in [0, 0.05) is 17.9 Å². The first-order chi connectivity index (χ1) is 12.1. The average Bonchev–Trinajstić information content (AvgIpc) is 2.63. The van der Waals surface area contributed by atoms with Gasteiger partial charge in [-0.3, -0.25) is 4.79 Å². The third-order valence-electron chi connectivity index (χ3n) is 3.40. The number of rotatable bonds is 9. The van der Waals surface area contributed by atoms with Crippen molar-refractivity contribution in [3.05, 3.63) is 65.2 Å². The molecule has 6 heteroatoms. The van der Waals surface area contributed by atoms with E-state index < -0.39 is 12.6 Å². The molecule has 0 atom stereocenters. The molecule has 0 aliphatic carbocycles. The Kier molecular flexibility index (Phi) is 7.35. The Balaban J connectivity index is 1.89.